The maximum Gasteiger partial charge on any atom is 0.225 e. The number of rotatable bonds is 6. The van der Waals surface area contributed by atoms with Crippen molar-refractivity contribution in [3.8, 4) is 0 Å². The maximum atomic E-state index is 13.3. The third kappa shape index (κ3) is 4.57. The van der Waals surface area contributed by atoms with Crippen LogP contribution < -0.4 is 10.2 Å². The zero-order valence-corrected chi connectivity index (χ0v) is 18.9. The zero-order valence-electron chi connectivity index (χ0n) is 18.0. The third-order valence-electron chi connectivity index (χ3n) is 6.61. The highest BCUT2D eigenvalue weighted by molar-refractivity contribution is 7.09. The highest BCUT2D eigenvalue weighted by atomic mass is 32.1. The molecule has 0 radical (unpaired) electrons. The van der Waals surface area contributed by atoms with Crippen molar-refractivity contribution in [2.45, 2.75) is 25.4 Å². The normalized spacial score (nSPS) is 20.5. The summed E-state index contributed by atoms with van der Waals surface area (Å²) in [5, 5.41) is 5.28. The molecule has 2 atom stereocenters. The third-order valence-corrected chi connectivity index (χ3v) is 7.55. The molecule has 1 N–H and O–H groups in total. The first kappa shape index (κ1) is 21.2. The van der Waals surface area contributed by atoms with Gasteiger partial charge in [0.05, 0.1) is 12.0 Å². The fourth-order valence-electron chi connectivity index (χ4n) is 5.00. The lowest BCUT2D eigenvalue weighted by Gasteiger charge is -2.49. The molecule has 3 heterocycles. The molecule has 6 heteroatoms. The minimum atomic E-state index is -0.207. The molecule has 2 aromatic carbocycles. The first-order valence-corrected chi connectivity index (χ1v) is 12.2. The Balaban J connectivity index is 1.31. The Kier molecular flexibility index (Phi) is 6.23. The van der Waals surface area contributed by atoms with E-state index in [9.17, 15) is 9.18 Å². The lowest BCUT2D eigenvalue weighted by atomic mass is 9.83. The average Bonchev–Trinajstić information content (AvgIpc) is 3.33. The summed E-state index contributed by atoms with van der Waals surface area (Å²) >= 11 is 1.73. The monoisotopic (exact) mass is 449 g/mol. The molecule has 32 heavy (non-hydrogen) atoms. The summed E-state index contributed by atoms with van der Waals surface area (Å²) in [7, 11) is 0. The molecular formula is C26H28FN3OS. The van der Waals surface area contributed by atoms with E-state index in [0.717, 1.165) is 44.6 Å². The van der Waals surface area contributed by atoms with Gasteiger partial charge in [-0.05, 0) is 53.6 Å². The van der Waals surface area contributed by atoms with Gasteiger partial charge in [-0.15, -0.1) is 11.3 Å². The number of amides is 1. The Morgan fingerprint density at radius 3 is 2.72 bits per heavy atom. The molecule has 0 bridgehead atoms. The van der Waals surface area contributed by atoms with E-state index in [1.807, 2.05) is 12.1 Å². The SMILES string of the molecule is O=C(NCCc1cccs1)[C@H]1Cc2ccccc2N2CCN(Cc3ccc(F)cc3)C[C@@H]12. The molecule has 0 saturated carbocycles. The van der Waals surface area contributed by atoms with Crippen molar-refractivity contribution in [1.29, 1.82) is 0 Å². The number of halogens is 1. The fourth-order valence-corrected chi connectivity index (χ4v) is 5.71. The molecule has 1 saturated heterocycles. The largest absolute Gasteiger partial charge is 0.365 e. The van der Waals surface area contributed by atoms with Crippen LogP contribution in [0.1, 0.15) is 16.0 Å². The van der Waals surface area contributed by atoms with Crippen LogP contribution in [0.5, 0.6) is 0 Å². The summed E-state index contributed by atoms with van der Waals surface area (Å²) in [6.07, 6.45) is 1.64. The number of hydrogen-bond acceptors (Lipinski definition) is 4. The first-order chi connectivity index (χ1) is 15.7. The van der Waals surface area contributed by atoms with Gasteiger partial charge >= 0.3 is 0 Å². The molecule has 2 aliphatic heterocycles. The van der Waals surface area contributed by atoms with Crippen LogP contribution in [0.3, 0.4) is 0 Å². The summed E-state index contributed by atoms with van der Waals surface area (Å²) in [4.78, 5) is 19.4. The summed E-state index contributed by atoms with van der Waals surface area (Å²) in [6, 6.07) is 19.5. The Morgan fingerprint density at radius 1 is 1.06 bits per heavy atom. The second-order valence-corrected chi connectivity index (χ2v) is 9.71. The molecule has 5 rings (SSSR count). The number of benzene rings is 2. The molecule has 0 aliphatic carbocycles. The van der Waals surface area contributed by atoms with Crippen molar-refractivity contribution in [2.24, 2.45) is 5.92 Å². The Labute approximate surface area is 192 Å². The molecule has 3 aromatic rings. The number of thiophene rings is 1. The molecular weight excluding hydrogens is 421 g/mol. The number of nitrogens with zero attached hydrogens (tertiary/aromatic N) is 2. The summed E-state index contributed by atoms with van der Waals surface area (Å²) in [6.45, 7) is 4.09. The molecule has 2 aliphatic rings. The number of para-hydroxylation sites is 1. The van der Waals surface area contributed by atoms with E-state index in [1.54, 1.807) is 11.3 Å². The van der Waals surface area contributed by atoms with Crippen molar-refractivity contribution in [2.75, 3.05) is 31.1 Å². The number of anilines is 1. The van der Waals surface area contributed by atoms with Crippen molar-refractivity contribution in [3.05, 3.63) is 87.9 Å². The topological polar surface area (TPSA) is 35.6 Å². The van der Waals surface area contributed by atoms with Crippen LogP contribution in [0.2, 0.25) is 0 Å². The van der Waals surface area contributed by atoms with Crippen LogP contribution in [0.25, 0.3) is 0 Å². The van der Waals surface area contributed by atoms with Gasteiger partial charge in [0.2, 0.25) is 5.91 Å². The van der Waals surface area contributed by atoms with E-state index in [4.69, 9.17) is 0 Å². The highest BCUT2D eigenvalue weighted by Crippen LogP contribution is 2.36. The van der Waals surface area contributed by atoms with Crippen LogP contribution in [-0.2, 0) is 24.2 Å². The van der Waals surface area contributed by atoms with Gasteiger partial charge in [-0.25, -0.2) is 4.39 Å². The second-order valence-electron chi connectivity index (χ2n) is 8.68. The molecule has 166 valence electrons. The Bertz CT molecular complexity index is 1050. The molecule has 1 fully saturated rings. The van der Waals surface area contributed by atoms with Gasteiger partial charge in [-0.1, -0.05) is 36.4 Å². The van der Waals surface area contributed by atoms with Crippen molar-refractivity contribution in [1.82, 2.24) is 10.2 Å². The van der Waals surface area contributed by atoms with E-state index in [-0.39, 0.29) is 23.7 Å². The molecule has 4 nitrogen and oxygen atoms in total. The maximum absolute atomic E-state index is 13.3. The van der Waals surface area contributed by atoms with Crippen LogP contribution in [0.4, 0.5) is 10.1 Å². The number of fused-ring (bicyclic) bond motifs is 3. The van der Waals surface area contributed by atoms with Crippen LogP contribution in [0, 0.1) is 11.7 Å². The van der Waals surface area contributed by atoms with Crippen LogP contribution in [-0.4, -0.2) is 43.0 Å². The van der Waals surface area contributed by atoms with Crippen LogP contribution in [0.15, 0.2) is 66.0 Å². The predicted octanol–water partition coefficient (Wildman–Crippen LogP) is 4.11. The Hall–Kier alpha value is -2.70. The molecule has 1 amide bonds. The van der Waals surface area contributed by atoms with Gasteiger partial charge in [-0.2, -0.15) is 0 Å². The van der Waals surface area contributed by atoms with Crippen LogP contribution >= 0.6 is 11.3 Å². The molecule has 0 unspecified atom stereocenters. The minimum absolute atomic E-state index is 0.0794. The molecule has 1 aromatic heterocycles. The highest BCUT2D eigenvalue weighted by Gasteiger charge is 2.41. The molecule has 0 spiro atoms. The average molecular weight is 450 g/mol. The van der Waals surface area contributed by atoms with E-state index in [2.05, 4.69) is 56.9 Å². The standard InChI is InChI=1S/C26H28FN3OS/c27-21-9-7-19(8-10-21)17-29-13-14-30-24-6-2-1-4-20(24)16-23(25(30)18-29)26(31)28-12-11-22-5-3-15-32-22/h1-10,15,23,25H,11-14,16-18H2,(H,28,31)/t23-,25-/m0/s1. The van der Waals surface area contributed by atoms with E-state index < -0.39 is 0 Å². The lowest BCUT2D eigenvalue weighted by molar-refractivity contribution is -0.126. The number of nitrogens with one attached hydrogen (secondary N) is 1. The fraction of sp³-hybridized carbons (Fsp3) is 0.346. The van der Waals surface area contributed by atoms with Gasteiger partial charge in [0.1, 0.15) is 5.82 Å². The van der Waals surface area contributed by atoms with Gasteiger partial charge in [0.15, 0.2) is 0 Å². The summed E-state index contributed by atoms with van der Waals surface area (Å²) in [5.74, 6) is -0.138. The predicted molar refractivity (Wildman–Crippen MR) is 127 cm³/mol. The quantitative estimate of drug-likeness (QED) is 0.615. The summed E-state index contributed by atoms with van der Waals surface area (Å²) < 4.78 is 13.3. The van der Waals surface area contributed by atoms with Crippen molar-refractivity contribution >= 4 is 22.9 Å². The lowest BCUT2D eigenvalue weighted by Crippen LogP contribution is -2.61. The van der Waals surface area contributed by atoms with Gasteiger partial charge in [0, 0.05) is 43.3 Å². The van der Waals surface area contributed by atoms with Gasteiger partial charge in [-0.3, -0.25) is 9.69 Å². The van der Waals surface area contributed by atoms with Crippen molar-refractivity contribution in [3.63, 3.8) is 0 Å². The van der Waals surface area contributed by atoms with Crippen molar-refractivity contribution < 1.29 is 9.18 Å². The Morgan fingerprint density at radius 2 is 1.91 bits per heavy atom. The second kappa shape index (κ2) is 9.43. The summed E-state index contributed by atoms with van der Waals surface area (Å²) in [5.41, 5.74) is 3.63. The first-order valence-electron chi connectivity index (χ1n) is 11.3. The minimum Gasteiger partial charge on any atom is -0.365 e. The van der Waals surface area contributed by atoms with E-state index >= 15 is 0 Å². The number of piperazine rings is 1. The zero-order chi connectivity index (χ0) is 21.9. The number of carbonyl (C=O) groups excluding carboxylic acids is 1. The van der Waals surface area contributed by atoms with E-state index in [1.165, 1.54) is 28.3 Å². The smallest absolute Gasteiger partial charge is 0.225 e. The number of hydrogen-bond donors (Lipinski definition) is 1. The van der Waals surface area contributed by atoms with E-state index in [0.29, 0.717) is 6.54 Å². The number of carbonyl (C=O) groups is 1. The van der Waals surface area contributed by atoms with Gasteiger partial charge in [0.25, 0.3) is 0 Å². The van der Waals surface area contributed by atoms with Gasteiger partial charge < -0.3 is 10.2 Å².